The standard InChI is InChI=1S/C38H30/c1-3-11-29-17-19-33-25-31(27-13-7-5-8-14-27)21-23-35(33)37(29)38-30(12-4-2)18-20-34-26-32(22-24-36(34)38)28-15-9-6-10-16-28/h3-10,13-26H,1-2,11-12H2. The van der Waals surface area contributed by atoms with Crippen LogP contribution in [0.15, 0.2) is 147 Å². The van der Waals surface area contributed by atoms with E-state index < -0.39 is 0 Å². The van der Waals surface area contributed by atoms with Gasteiger partial charge in [0.1, 0.15) is 0 Å². The van der Waals surface area contributed by atoms with Gasteiger partial charge in [0.15, 0.2) is 0 Å². The minimum absolute atomic E-state index is 0.817. The van der Waals surface area contributed by atoms with Crippen molar-refractivity contribution in [1.82, 2.24) is 0 Å². The highest BCUT2D eigenvalue weighted by Crippen LogP contribution is 2.41. The third kappa shape index (κ3) is 4.35. The molecule has 0 nitrogen and oxygen atoms in total. The van der Waals surface area contributed by atoms with Crippen molar-refractivity contribution in [1.29, 1.82) is 0 Å². The fourth-order valence-corrected chi connectivity index (χ4v) is 5.61. The van der Waals surface area contributed by atoms with Crippen LogP contribution in [0.4, 0.5) is 0 Å². The molecule has 0 saturated carbocycles. The van der Waals surface area contributed by atoms with Crippen molar-refractivity contribution in [3.05, 3.63) is 158 Å². The lowest BCUT2D eigenvalue weighted by atomic mass is 9.84. The Morgan fingerprint density at radius 1 is 0.421 bits per heavy atom. The van der Waals surface area contributed by atoms with E-state index in [4.69, 9.17) is 0 Å². The van der Waals surface area contributed by atoms with Gasteiger partial charge in [-0.1, -0.05) is 121 Å². The highest BCUT2D eigenvalue weighted by Gasteiger charge is 2.17. The van der Waals surface area contributed by atoms with Gasteiger partial charge in [-0.25, -0.2) is 0 Å². The van der Waals surface area contributed by atoms with Gasteiger partial charge in [0, 0.05) is 0 Å². The molecule has 0 aliphatic heterocycles. The Labute approximate surface area is 225 Å². The number of benzene rings is 6. The molecule has 182 valence electrons. The molecule has 6 aromatic carbocycles. The van der Waals surface area contributed by atoms with E-state index >= 15 is 0 Å². The molecule has 0 aliphatic carbocycles. The number of hydrogen-bond donors (Lipinski definition) is 0. The van der Waals surface area contributed by atoms with Crippen LogP contribution in [0, 0.1) is 0 Å². The summed E-state index contributed by atoms with van der Waals surface area (Å²) in [6.07, 6.45) is 5.65. The van der Waals surface area contributed by atoms with Gasteiger partial charge >= 0.3 is 0 Å². The van der Waals surface area contributed by atoms with Gasteiger partial charge in [-0.15, -0.1) is 13.2 Å². The summed E-state index contributed by atoms with van der Waals surface area (Å²) in [5.74, 6) is 0. The third-order valence-corrected chi connectivity index (χ3v) is 7.40. The van der Waals surface area contributed by atoms with E-state index in [0.717, 1.165) is 12.8 Å². The Morgan fingerprint density at radius 2 is 0.842 bits per heavy atom. The zero-order valence-corrected chi connectivity index (χ0v) is 21.5. The normalized spacial score (nSPS) is 11.1. The molecule has 0 radical (unpaired) electrons. The monoisotopic (exact) mass is 486 g/mol. The van der Waals surface area contributed by atoms with E-state index in [1.807, 2.05) is 12.2 Å². The van der Waals surface area contributed by atoms with Crippen molar-refractivity contribution in [3.63, 3.8) is 0 Å². The van der Waals surface area contributed by atoms with Crippen molar-refractivity contribution in [3.8, 4) is 33.4 Å². The highest BCUT2D eigenvalue weighted by atomic mass is 14.2. The SMILES string of the molecule is C=CCc1ccc2cc(-c3ccccc3)ccc2c1-c1c(CC=C)ccc2cc(-c3ccccc3)ccc12. The quantitative estimate of drug-likeness (QED) is 0.197. The van der Waals surface area contributed by atoms with Gasteiger partial charge in [-0.05, 0) is 91.0 Å². The molecule has 0 unspecified atom stereocenters. The molecule has 0 heteroatoms. The minimum atomic E-state index is 0.817. The van der Waals surface area contributed by atoms with Crippen LogP contribution in [0.3, 0.4) is 0 Å². The van der Waals surface area contributed by atoms with Crippen LogP contribution in [0.25, 0.3) is 54.9 Å². The molecule has 0 bridgehead atoms. The van der Waals surface area contributed by atoms with E-state index in [2.05, 4.69) is 134 Å². The van der Waals surface area contributed by atoms with E-state index in [9.17, 15) is 0 Å². The highest BCUT2D eigenvalue weighted by molar-refractivity contribution is 6.09. The smallest absolute Gasteiger partial charge is 0.00610 e. The maximum absolute atomic E-state index is 4.07. The number of fused-ring (bicyclic) bond motifs is 2. The number of hydrogen-bond acceptors (Lipinski definition) is 0. The minimum Gasteiger partial charge on any atom is -0.103 e. The summed E-state index contributed by atoms with van der Waals surface area (Å²) in [6, 6.07) is 44.0. The summed E-state index contributed by atoms with van der Waals surface area (Å²) >= 11 is 0. The molecular formula is C38H30. The first-order valence-electron chi connectivity index (χ1n) is 13.2. The van der Waals surface area contributed by atoms with Crippen LogP contribution in [0.1, 0.15) is 11.1 Å². The number of rotatable bonds is 7. The first-order valence-corrected chi connectivity index (χ1v) is 13.2. The fourth-order valence-electron chi connectivity index (χ4n) is 5.61. The first kappa shape index (κ1) is 23.7. The molecule has 0 atom stereocenters. The largest absolute Gasteiger partial charge is 0.103 e. The fraction of sp³-hybridized carbons (Fsp3) is 0.0526. The molecule has 0 spiro atoms. The van der Waals surface area contributed by atoms with Crippen LogP contribution in [-0.2, 0) is 12.8 Å². The Balaban J connectivity index is 1.63. The van der Waals surface area contributed by atoms with Crippen LogP contribution in [-0.4, -0.2) is 0 Å². The van der Waals surface area contributed by atoms with Gasteiger partial charge in [0.2, 0.25) is 0 Å². The van der Waals surface area contributed by atoms with Crippen molar-refractivity contribution >= 4 is 21.5 Å². The summed E-state index contributed by atoms with van der Waals surface area (Å²) in [5, 5.41) is 5.04. The lowest BCUT2D eigenvalue weighted by Gasteiger charge is -2.19. The van der Waals surface area contributed by atoms with Gasteiger partial charge in [0.25, 0.3) is 0 Å². The molecule has 0 aliphatic rings. The topological polar surface area (TPSA) is 0 Å². The Bertz CT molecular complexity index is 1640. The van der Waals surface area contributed by atoms with E-state index in [0.29, 0.717) is 0 Å². The molecule has 0 heterocycles. The molecule has 0 amide bonds. The zero-order chi connectivity index (χ0) is 25.9. The van der Waals surface area contributed by atoms with Crippen molar-refractivity contribution in [2.75, 3.05) is 0 Å². The second kappa shape index (κ2) is 10.4. The summed E-state index contributed by atoms with van der Waals surface area (Å²) in [6.45, 7) is 8.15. The molecule has 0 saturated heterocycles. The maximum Gasteiger partial charge on any atom is -0.00610 e. The van der Waals surface area contributed by atoms with Gasteiger partial charge in [-0.3, -0.25) is 0 Å². The lowest BCUT2D eigenvalue weighted by molar-refractivity contribution is 1.26. The summed E-state index contributed by atoms with van der Waals surface area (Å²) in [5.41, 5.74) is 10.1. The lowest BCUT2D eigenvalue weighted by Crippen LogP contribution is -1.97. The van der Waals surface area contributed by atoms with Gasteiger partial charge < -0.3 is 0 Å². The molecule has 0 N–H and O–H groups in total. The van der Waals surface area contributed by atoms with E-state index in [1.54, 1.807) is 0 Å². The van der Waals surface area contributed by atoms with Crippen LogP contribution in [0.2, 0.25) is 0 Å². The average Bonchev–Trinajstić information content (AvgIpc) is 2.98. The first-order chi connectivity index (χ1) is 18.8. The summed E-state index contributed by atoms with van der Waals surface area (Å²) in [4.78, 5) is 0. The Hall–Kier alpha value is -4.68. The Kier molecular flexibility index (Phi) is 6.46. The van der Waals surface area contributed by atoms with Crippen LogP contribution < -0.4 is 0 Å². The summed E-state index contributed by atoms with van der Waals surface area (Å²) < 4.78 is 0. The third-order valence-electron chi connectivity index (χ3n) is 7.40. The zero-order valence-electron chi connectivity index (χ0n) is 21.5. The predicted molar refractivity (Wildman–Crippen MR) is 166 cm³/mol. The van der Waals surface area contributed by atoms with Crippen molar-refractivity contribution in [2.24, 2.45) is 0 Å². The second-order valence-electron chi connectivity index (χ2n) is 9.79. The molecule has 6 aromatic rings. The Morgan fingerprint density at radius 3 is 1.24 bits per heavy atom. The van der Waals surface area contributed by atoms with E-state index in [1.165, 1.54) is 66.1 Å². The molecule has 0 fully saturated rings. The van der Waals surface area contributed by atoms with Gasteiger partial charge in [0.05, 0.1) is 0 Å². The number of allylic oxidation sites excluding steroid dienone is 2. The van der Waals surface area contributed by atoms with Crippen molar-refractivity contribution in [2.45, 2.75) is 12.8 Å². The molecule has 6 rings (SSSR count). The van der Waals surface area contributed by atoms with E-state index in [-0.39, 0.29) is 0 Å². The van der Waals surface area contributed by atoms with Gasteiger partial charge in [-0.2, -0.15) is 0 Å². The molecule has 0 aromatic heterocycles. The average molecular weight is 487 g/mol. The maximum atomic E-state index is 4.07. The molecule has 38 heavy (non-hydrogen) atoms. The predicted octanol–water partition coefficient (Wildman–Crippen LogP) is 10.5. The van der Waals surface area contributed by atoms with Crippen LogP contribution >= 0.6 is 0 Å². The van der Waals surface area contributed by atoms with Crippen LogP contribution in [0.5, 0.6) is 0 Å². The van der Waals surface area contributed by atoms with Crippen molar-refractivity contribution < 1.29 is 0 Å². The second-order valence-corrected chi connectivity index (χ2v) is 9.79. The molecular weight excluding hydrogens is 456 g/mol. The summed E-state index contributed by atoms with van der Waals surface area (Å²) in [7, 11) is 0.